The van der Waals surface area contributed by atoms with Crippen LogP contribution in [0, 0.1) is 19.8 Å². The van der Waals surface area contributed by atoms with Gasteiger partial charge in [-0.25, -0.2) is 9.97 Å². The van der Waals surface area contributed by atoms with E-state index in [1.54, 1.807) is 17.5 Å². The van der Waals surface area contributed by atoms with Gasteiger partial charge >= 0.3 is 0 Å². The van der Waals surface area contributed by atoms with Crippen LogP contribution < -0.4 is 4.90 Å². The van der Waals surface area contributed by atoms with Gasteiger partial charge in [0.25, 0.3) is 0 Å². The average Bonchev–Trinajstić information content (AvgIpc) is 3.35. The van der Waals surface area contributed by atoms with Crippen LogP contribution in [0.25, 0.3) is 10.2 Å². The number of carbonyl (C=O) groups excluding carboxylic acids is 1. The molecular formula is C22H28N4OS. The number of amides is 1. The normalized spacial score (nSPS) is 15.2. The van der Waals surface area contributed by atoms with Crippen LogP contribution >= 0.6 is 11.3 Å². The van der Waals surface area contributed by atoms with Crippen molar-refractivity contribution in [1.82, 2.24) is 14.5 Å². The molecule has 0 saturated heterocycles. The Morgan fingerprint density at radius 1 is 1.25 bits per heavy atom. The third kappa shape index (κ3) is 4.12. The molecule has 1 aromatic carbocycles. The van der Waals surface area contributed by atoms with E-state index in [0.29, 0.717) is 6.54 Å². The summed E-state index contributed by atoms with van der Waals surface area (Å²) >= 11 is 1.66. The molecule has 6 heteroatoms. The smallest absolute Gasteiger partial charge is 0.231 e. The maximum atomic E-state index is 13.4. The topological polar surface area (TPSA) is 51.0 Å². The second kappa shape index (κ2) is 8.43. The second-order valence-corrected chi connectivity index (χ2v) is 8.88. The molecule has 4 rings (SSSR count). The van der Waals surface area contributed by atoms with Crippen LogP contribution in [0.2, 0.25) is 0 Å². The minimum atomic E-state index is 0.150. The minimum absolute atomic E-state index is 0.150. The lowest BCUT2D eigenvalue weighted by molar-refractivity contribution is -0.123. The summed E-state index contributed by atoms with van der Waals surface area (Å²) in [7, 11) is 0. The first kappa shape index (κ1) is 19.1. The molecule has 28 heavy (non-hydrogen) atoms. The van der Waals surface area contributed by atoms with Gasteiger partial charge in [-0.3, -0.25) is 9.69 Å². The standard InChI is InChI=1S/C22H28N4OS/c1-16-13-17(2)20-19(14-16)24-22(28-20)26(11-6-10-25-12-9-23-15-25)21(27)18-7-4-3-5-8-18/h9,12-15,18H,3-8,10-11H2,1-2H3. The lowest BCUT2D eigenvalue weighted by Crippen LogP contribution is -2.38. The van der Waals surface area contributed by atoms with Crippen molar-refractivity contribution in [2.75, 3.05) is 11.4 Å². The van der Waals surface area contributed by atoms with Crippen molar-refractivity contribution in [2.24, 2.45) is 5.92 Å². The van der Waals surface area contributed by atoms with Crippen LogP contribution in [0.1, 0.15) is 49.7 Å². The predicted molar refractivity (Wildman–Crippen MR) is 115 cm³/mol. The number of benzene rings is 1. The molecule has 0 N–H and O–H groups in total. The van der Waals surface area contributed by atoms with E-state index in [1.165, 1.54) is 22.2 Å². The number of hydrogen-bond donors (Lipinski definition) is 0. The van der Waals surface area contributed by atoms with Gasteiger partial charge in [0.1, 0.15) is 0 Å². The molecular weight excluding hydrogens is 368 g/mol. The van der Waals surface area contributed by atoms with Crippen LogP contribution in [0.4, 0.5) is 5.13 Å². The van der Waals surface area contributed by atoms with E-state index in [9.17, 15) is 4.79 Å². The average molecular weight is 397 g/mol. The van der Waals surface area contributed by atoms with Crippen molar-refractivity contribution in [2.45, 2.75) is 58.9 Å². The first-order chi connectivity index (χ1) is 13.6. The number of aromatic nitrogens is 3. The first-order valence-corrected chi connectivity index (χ1v) is 11.1. The Kier molecular flexibility index (Phi) is 5.76. The third-order valence-corrected chi connectivity index (χ3v) is 6.85. The second-order valence-electron chi connectivity index (χ2n) is 7.91. The Morgan fingerprint density at radius 3 is 2.82 bits per heavy atom. The number of nitrogens with zero attached hydrogens (tertiary/aromatic N) is 4. The van der Waals surface area contributed by atoms with Crippen LogP contribution in [-0.4, -0.2) is 27.0 Å². The van der Waals surface area contributed by atoms with Gasteiger partial charge in [0, 0.05) is 31.4 Å². The SMILES string of the molecule is Cc1cc(C)c2sc(N(CCCn3ccnc3)C(=O)C3CCCCC3)nc2c1. The van der Waals surface area contributed by atoms with Gasteiger partial charge < -0.3 is 4.57 Å². The van der Waals surface area contributed by atoms with Crippen molar-refractivity contribution in [3.8, 4) is 0 Å². The molecule has 0 atom stereocenters. The molecule has 2 heterocycles. The highest BCUT2D eigenvalue weighted by Gasteiger charge is 2.28. The zero-order valence-electron chi connectivity index (χ0n) is 16.7. The van der Waals surface area contributed by atoms with E-state index in [-0.39, 0.29) is 11.8 Å². The first-order valence-electron chi connectivity index (χ1n) is 10.3. The maximum Gasteiger partial charge on any atom is 0.231 e. The van der Waals surface area contributed by atoms with Crippen LogP contribution in [0.15, 0.2) is 30.9 Å². The van der Waals surface area contributed by atoms with E-state index in [2.05, 4.69) is 35.5 Å². The Hall–Kier alpha value is -2.21. The van der Waals surface area contributed by atoms with E-state index < -0.39 is 0 Å². The number of fused-ring (bicyclic) bond motifs is 1. The number of carbonyl (C=O) groups is 1. The summed E-state index contributed by atoms with van der Waals surface area (Å²) in [6.45, 7) is 5.79. The highest BCUT2D eigenvalue weighted by atomic mass is 32.1. The lowest BCUT2D eigenvalue weighted by atomic mass is 9.88. The molecule has 1 saturated carbocycles. The minimum Gasteiger partial charge on any atom is -0.337 e. The number of aryl methyl sites for hydroxylation is 3. The van der Waals surface area contributed by atoms with E-state index >= 15 is 0 Å². The fourth-order valence-electron chi connectivity index (χ4n) is 4.18. The van der Waals surface area contributed by atoms with Gasteiger partial charge in [0.2, 0.25) is 5.91 Å². The number of anilines is 1. The van der Waals surface area contributed by atoms with Crippen molar-refractivity contribution in [3.05, 3.63) is 42.0 Å². The molecule has 1 amide bonds. The zero-order chi connectivity index (χ0) is 19.5. The fraction of sp³-hybridized carbons (Fsp3) is 0.500. The van der Waals surface area contributed by atoms with Gasteiger partial charge in [-0.2, -0.15) is 0 Å². The summed E-state index contributed by atoms with van der Waals surface area (Å²) < 4.78 is 3.26. The van der Waals surface area contributed by atoms with Gasteiger partial charge in [0.15, 0.2) is 5.13 Å². The highest BCUT2D eigenvalue weighted by molar-refractivity contribution is 7.22. The Labute approximate surface area is 170 Å². The van der Waals surface area contributed by atoms with E-state index in [1.807, 2.05) is 17.4 Å². The zero-order valence-corrected chi connectivity index (χ0v) is 17.5. The maximum absolute atomic E-state index is 13.4. The van der Waals surface area contributed by atoms with Gasteiger partial charge in [0.05, 0.1) is 16.5 Å². The molecule has 0 unspecified atom stereocenters. The molecule has 5 nitrogen and oxygen atoms in total. The van der Waals surface area contributed by atoms with Gasteiger partial charge in [-0.05, 0) is 50.3 Å². The molecule has 0 bridgehead atoms. The summed E-state index contributed by atoms with van der Waals surface area (Å²) in [4.78, 5) is 24.3. The number of rotatable bonds is 6. The third-order valence-electron chi connectivity index (χ3n) is 5.62. The van der Waals surface area contributed by atoms with Crippen molar-refractivity contribution in [3.63, 3.8) is 0 Å². The van der Waals surface area contributed by atoms with Crippen molar-refractivity contribution in [1.29, 1.82) is 0 Å². The molecule has 1 aliphatic carbocycles. The van der Waals surface area contributed by atoms with Gasteiger partial charge in [-0.1, -0.05) is 36.7 Å². The lowest BCUT2D eigenvalue weighted by Gasteiger charge is -2.27. The van der Waals surface area contributed by atoms with Crippen LogP contribution in [0.3, 0.4) is 0 Å². The largest absolute Gasteiger partial charge is 0.337 e. The molecule has 0 spiro atoms. The Balaban J connectivity index is 1.59. The summed E-state index contributed by atoms with van der Waals surface area (Å²) in [5.74, 6) is 0.413. The van der Waals surface area contributed by atoms with Crippen molar-refractivity contribution >= 4 is 32.6 Å². The molecule has 1 aliphatic rings. The van der Waals surface area contributed by atoms with E-state index in [4.69, 9.17) is 4.98 Å². The fourth-order valence-corrected chi connectivity index (χ4v) is 5.23. The van der Waals surface area contributed by atoms with Crippen molar-refractivity contribution < 1.29 is 4.79 Å². The Bertz CT molecular complexity index is 941. The predicted octanol–water partition coefficient (Wildman–Crippen LogP) is 5.11. The molecule has 3 aromatic rings. The molecule has 148 valence electrons. The molecule has 2 aromatic heterocycles. The summed E-state index contributed by atoms with van der Waals surface area (Å²) in [6.07, 6.45) is 12.1. The summed E-state index contributed by atoms with van der Waals surface area (Å²) in [5.41, 5.74) is 3.46. The molecule has 0 radical (unpaired) electrons. The van der Waals surface area contributed by atoms with Gasteiger partial charge in [-0.15, -0.1) is 0 Å². The monoisotopic (exact) mass is 396 g/mol. The quantitative estimate of drug-likeness (QED) is 0.581. The molecule has 0 aliphatic heterocycles. The number of imidazole rings is 1. The molecule has 1 fully saturated rings. The summed E-state index contributed by atoms with van der Waals surface area (Å²) in [5, 5.41) is 0.852. The van der Waals surface area contributed by atoms with E-state index in [0.717, 1.165) is 49.3 Å². The highest BCUT2D eigenvalue weighted by Crippen LogP contribution is 2.34. The number of hydrogen-bond acceptors (Lipinski definition) is 4. The Morgan fingerprint density at radius 2 is 2.07 bits per heavy atom. The summed E-state index contributed by atoms with van der Waals surface area (Å²) in [6, 6.07) is 4.31. The number of thiazole rings is 1. The van der Waals surface area contributed by atoms with Crippen LogP contribution in [0.5, 0.6) is 0 Å². The van der Waals surface area contributed by atoms with Crippen LogP contribution in [-0.2, 0) is 11.3 Å².